The van der Waals surface area contributed by atoms with Gasteiger partial charge in [0.2, 0.25) is 0 Å². The van der Waals surface area contributed by atoms with E-state index in [2.05, 4.69) is 11.4 Å². The lowest BCUT2D eigenvalue weighted by Gasteiger charge is -2.41. The van der Waals surface area contributed by atoms with Gasteiger partial charge in [-0.25, -0.2) is 8.78 Å². The van der Waals surface area contributed by atoms with E-state index < -0.39 is 46.4 Å². The van der Waals surface area contributed by atoms with Gasteiger partial charge < -0.3 is 10.2 Å². The predicted molar refractivity (Wildman–Crippen MR) is 128 cm³/mol. The van der Waals surface area contributed by atoms with Crippen molar-refractivity contribution in [2.24, 2.45) is 5.41 Å². The van der Waals surface area contributed by atoms with Crippen LogP contribution in [0.1, 0.15) is 42.7 Å². The third-order valence-electron chi connectivity index (χ3n) is 7.43. The van der Waals surface area contributed by atoms with Crippen LogP contribution in [-0.4, -0.2) is 34.9 Å². The molecule has 2 aromatic carbocycles. The van der Waals surface area contributed by atoms with Crippen LogP contribution in [0.15, 0.2) is 48.6 Å². The molecule has 1 aliphatic heterocycles. The highest BCUT2D eigenvalue weighted by Crippen LogP contribution is 2.54. The molecule has 0 spiro atoms. The van der Waals surface area contributed by atoms with Crippen LogP contribution < -0.4 is 5.32 Å². The van der Waals surface area contributed by atoms with E-state index in [0.29, 0.717) is 19.3 Å². The minimum Gasteiger partial charge on any atom is -0.480 e. The molecule has 0 saturated carbocycles. The molecule has 1 unspecified atom stereocenters. The van der Waals surface area contributed by atoms with Crippen molar-refractivity contribution in [2.45, 2.75) is 49.1 Å². The minimum atomic E-state index is -1.84. The number of carboxylic acid groups (broad SMARTS) is 1. The van der Waals surface area contributed by atoms with Crippen molar-refractivity contribution in [3.05, 3.63) is 81.4 Å². The first-order valence-corrected chi connectivity index (χ1v) is 12.0. The minimum absolute atomic E-state index is 0.0885. The molecule has 3 N–H and O–H groups in total. The maximum absolute atomic E-state index is 15.5. The number of aliphatic hydroxyl groups is 1. The molecule has 35 heavy (non-hydrogen) atoms. The van der Waals surface area contributed by atoms with Crippen molar-refractivity contribution >= 4 is 29.2 Å². The molecule has 5 nitrogen and oxygen atoms in total. The van der Waals surface area contributed by atoms with Gasteiger partial charge >= 0.3 is 5.97 Å². The Hall–Kier alpha value is -2.50. The molecule has 0 bridgehead atoms. The number of benzene rings is 2. The predicted octanol–water partition coefficient (Wildman–Crippen LogP) is 5.35. The monoisotopic (exact) mass is 520 g/mol. The highest BCUT2D eigenvalue weighted by Gasteiger charge is 2.62. The smallest absolute Gasteiger partial charge is 0.321 e. The number of aliphatic hydroxyl groups excluding tert-OH is 1. The molecule has 5 atom stereocenters. The highest BCUT2D eigenvalue weighted by atomic mass is 35.5. The second kappa shape index (κ2) is 9.87. The average Bonchev–Trinajstić information content (AvgIpc) is 3.16. The normalized spacial score (nSPS) is 30.2. The van der Waals surface area contributed by atoms with E-state index in [9.17, 15) is 20.3 Å². The Kier molecular flexibility index (Phi) is 7.21. The molecular weight excluding hydrogens is 497 g/mol. The van der Waals surface area contributed by atoms with Gasteiger partial charge in [-0.2, -0.15) is 5.26 Å². The van der Waals surface area contributed by atoms with E-state index in [1.807, 2.05) is 12.2 Å². The highest BCUT2D eigenvalue weighted by molar-refractivity contribution is 6.31. The first-order valence-electron chi connectivity index (χ1n) is 11.2. The number of hydrogen-bond acceptors (Lipinski definition) is 4. The second-order valence-corrected chi connectivity index (χ2v) is 10.2. The molecule has 1 aliphatic carbocycles. The summed E-state index contributed by atoms with van der Waals surface area (Å²) in [6, 6.07) is 7.83. The van der Waals surface area contributed by atoms with Crippen LogP contribution in [0, 0.1) is 28.4 Å². The SMILES string of the molecule is N#C[C@@]1(c2ccc(Cl)cc2F)[C@H](CC2(CO)CC=CCC2)N[C@H](C(=O)O)[C@@H]1c1cccc(Cl)c1F. The Morgan fingerprint density at radius 2 is 2.00 bits per heavy atom. The Bertz CT molecular complexity index is 1220. The molecule has 0 amide bonds. The maximum atomic E-state index is 15.5. The number of carboxylic acids is 1. The fraction of sp³-hybridized carbons (Fsp3) is 0.385. The molecule has 1 saturated heterocycles. The Labute approximate surface area is 212 Å². The number of halogens is 4. The Morgan fingerprint density at radius 3 is 2.60 bits per heavy atom. The maximum Gasteiger partial charge on any atom is 0.321 e. The number of aliphatic carboxylic acids is 1. The molecule has 0 aromatic heterocycles. The van der Waals surface area contributed by atoms with E-state index in [4.69, 9.17) is 23.2 Å². The molecule has 9 heteroatoms. The first-order chi connectivity index (χ1) is 16.7. The van der Waals surface area contributed by atoms with Gasteiger partial charge in [0.05, 0.1) is 11.1 Å². The lowest BCUT2D eigenvalue weighted by atomic mass is 9.61. The number of hydrogen-bond donors (Lipinski definition) is 3. The van der Waals surface area contributed by atoms with Gasteiger partial charge in [-0.05, 0) is 54.9 Å². The van der Waals surface area contributed by atoms with Crippen LogP contribution in [0.4, 0.5) is 8.78 Å². The summed E-state index contributed by atoms with van der Waals surface area (Å²) < 4.78 is 30.8. The number of rotatable bonds is 6. The number of nitriles is 1. The summed E-state index contributed by atoms with van der Waals surface area (Å²) in [7, 11) is 0. The Balaban J connectivity index is 1.99. The summed E-state index contributed by atoms with van der Waals surface area (Å²) in [6.45, 7) is -0.200. The zero-order chi connectivity index (χ0) is 25.4. The molecular formula is C26H24Cl2F2N2O3. The Morgan fingerprint density at radius 1 is 1.23 bits per heavy atom. The average molecular weight is 521 g/mol. The van der Waals surface area contributed by atoms with E-state index in [1.54, 1.807) is 0 Å². The lowest BCUT2D eigenvalue weighted by molar-refractivity contribution is -0.139. The number of allylic oxidation sites excluding steroid dienone is 2. The van der Waals surface area contributed by atoms with Crippen molar-refractivity contribution in [1.29, 1.82) is 5.26 Å². The van der Waals surface area contributed by atoms with E-state index >= 15 is 8.78 Å². The van der Waals surface area contributed by atoms with Crippen LogP contribution in [-0.2, 0) is 10.2 Å². The quantitative estimate of drug-likeness (QED) is 0.446. The lowest BCUT2D eigenvalue weighted by Crippen LogP contribution is -2.47. The fourth-order valence-electron chi connectivity index (χ4n) is 5.70. The van der Waals surface area contributed by atoms with Gasteiger partial charge in [-0.1, -0.05) is 53.6 Å². The number of carbonyl (C=O) groups is 1. The van der Waals surface area contributed by atoms with Crippen molar-refractivity contribution < 1.29 is 23.8 Å². The summed E-state index contributed by atoms with van der Waals surface area (Å²) in [4.78, 5) is 12.4. The van der Waals surface area contributed by atoms with Gasteiger partial charge in [0.1, 0.15) is 23.1 Å². The summed E-state index contributed by atoms with van der Waals surface area (Å²) in [5.41, 5.74) is -2.68. The van der Waals surface area contributed by atoms with E-state index in [0.717, 1.165) is 6.07 Å². The third kappa shape index (κ3) is 4.34. The van der Waals surface area contributed by atoms with Crippen molar-refractivity contribution in [1.82, 2.24) is 5.32 Å². The molecule has 184 valence electrons. The largest absolute Gasteiger partial charge is 0.480 e. The van der Waals surface area contributed by atoms with Gasteiger partial charge in [0, 0.05) is 29.2 Å². The van der Waals surface area contributed by atoms with Crippen molar-refractivity contribution in [3.8, 4) is 6.07 Å². The standard InChI is InChI=1S/C26H24Cl2F2N2O3/c27-15-7-8-17(19(29)11-15)26(13-31)20(12-25(14-33)9-2-1-3-10-25)32-23(24(34)35)21(26)16-5-4-6-18(28)22(16)30/h1-2,4-8,11,20-21,23,32-33H,3,9-10,12,14H2,(H,34,35)/t20-,21-,23-,25?,26+/m0/s1. The zero-order valence-electron chi connectivity index (χ0n) is 18.6. The van der Waals surface area contributed by atoms with E-state index in [-0.39, 0.29) is 34.2 Å². The summed E-state index contributed by atoms with van der Waals surface area (Å²) in [5.74, 6) is -4.29. The molecule has 4 rings (SSSR count). The summed E-state index contributed by atoms with van der Waals surface area (Å²) in [6.07, 6.45) is 5.94. The van der Waals surface area contributed by atoms with Gasteiger partial charge in [-0.3, -0.25) is 10.1 Å². The molecule has 2 aromatic rings. The van der Waals surface area contributed by atoms with Crippen LogP contribution >= 0.6 is 23.2 Å². The molecule has 0 radical (unpaired) electrons. The van der Waals surface area contributed by atoms with Gasteiger partial charge in [-0.15, -0.1) is 0 Å². The van der Waals surface area contributed by atoms with Crippen LogP contribution in [0.2, 0.25) is 10.0 Å². The molecule has 1 heterocycles. The van der Waals surface area contributed by atoms with Crippen LogP contribution in [0.3, 0.4) is 0 Å². The third-order valence-corrected chi connectivity index (χ3v) is 7.96. The molecule has 1 fully saturated rings. The number of nitrogens with one attached hydrogen (secondary N) is 1. The summed E-state index contributed by atoms with van der Waals surface area (Å²) in [5, 5.41) is 34.0. The van der Waals surface area contributed by atoms with Crippen LogP contribution in [0.5, 0.6) is 0 Å². The van der Waals surface area contributed by atoms with Crippen molar-refractivity contribution in [2.75, 3.05) is 6.61 Å². The number of nitrogens with zero attached hydrogens (tertiary/aromatic N) is 1. The fourth-order valence-corrected chi connectivity index (χ4v) is 6.04. The van der Waals surface area contributed by atoms with E-state index in [1.165, 1.54) is 30.3 Å². The second-order valence-electron chi connectivity index (χ2n) is 9.34. The van der Waals surface area contributed by atoms with Crippen molar-refractivity contribution in [3.63, 3.8) is 0 Å². The zero-order valence-corrected chi connectivity index (χ0v) is 20.2. The topological polar surface area (TPSA) is 93.4 Å². The first kappa shape index (κ1) is 25.6. The summed E-state index contributed by atoms with van der Waals surface area (Å²) >= 11 is 12.0. The van der Waals surface area contributed by atoms with Crippen LogP contribution in [0.25, 0.3) is 0 Å². The van der Waals surface area contributed by atoms with Gasteiger partial charge in [0.15, 0.2) is 0 Å². The molecule has 2 aliphatic rings. The van der Waals surface area contributed by atoms with Gasteiger partial charge in [0.25, 0.3) is 0 Å².